The van der Waals surface area contributed by atoms with E-state index in [-0.39, 0.29) is 0 Å². The molecule has 0 N–H and O–H groups in total. The third-order valence-corrected chi connectivity index (χ3v) is 2.29. The largest absolute Gasteiger partial charge is 0.0895 e. The topological polar surface area (TPSA) is 0 Å². The second-order valence-electron chi connectivity index (χ2n) is 3.07. The molecule has 0 heterocycles. The minimum absolute atomic E-state index is 0.910. The third-order valence-electron chi connectivity index (χ3n) is 2.18. The molecule has 0 radical (unpaired) electrons. The van der Waals surface area contributed by atoms with Gasteiger partial charge in [0, 0.05) is 5.03 Å². The van der Waals surface area contributed by atoms with Crippen molar-refractivity contribution in [2.45, 2.75) is 39.5 Å². The van der Waals surface area contributed by atoms with Crippen LogP contribution < -0.4 is 0 Å². The molecule has 0 aromatic heterocycles. The molecule has 0 saturated carbocycles. The van der Waals surface area contributed by atoms with Crippen molar-refractivity contribution in [3.63, 3.8) is 0 Å². The molecule has 0 aromatic rings. The molecule has 0 nitrogen and oxygen atoms in total. The minimum atomic E-state index is 0.910. The van der Waals surface area contributed by atoms with Gasteiger partial charge in [0.1, 0.15) is 0 Å². The average Bonchev–Trinajstić information content (AvgIpc) is 2.34. The lowest BCUT2D eigenvalue weighted by Crippen LogP contribution is -1.78. The van der Waals surface area contributed by atoms with Crippen LogP contribution in [-0.4, -0.2) is 0 Å². The number of hydrogen-bond donors (Lipinski definition) is 0. The van der Waals surface area contributed by atoms with Gasteiger partial charge in [-0.3, -0.25) is 0 Å². The Hall–Kier alpha value is -0.230. The first-order valence-electron chi connectivity index (χ1n) is 4.28. The molecule has 11 heavy (non-hydrogen) atoms. The molecule has 1 aliphatic rings. The highest BCUT2D eigenvalue weighted by Crippen LogP contribution is 2.29. The molecule has 1 rings (SSSR count). The summed E-state index contributed by atoms with van der Waals surface area (Å²) >= 11 is 5.81. The molecule has 0 atom stereocenters. The lowest BCUT2D eigenvalue weighted by Gasteiger charge is -1.98. The highest BCUT2D eigenvalue weighted by Gasteiger charge is 2.10. The van der Waals surface area contributed by atoms with E-state index >= 15 is 0 Å². The van der Waals surface area contributed by atoms with Crippen molar-refractivity contribution in [3.05, 3.63) is 22.3 Å². The molecule has 1 heteroatoms. The molecule has 0 saturated heterocycles. The van der Waals surface area contributed by atoms with Gasteiger partial charge in [0.05, 0.1) is 0 Å². The van der Waals surface area contributed by atoms with E-state index in [0.717, 1.165) is 5.03 Å². The van der Waals surface area contributed by atoms with E-state index in [0.29, 0.717) is 0 Å². The smallest absolute Gasteiger partial charge is 0.0152 e. The average molecular weight is 171 g/mol. The van der Waals surface area contributed by atoms with Crippen LogP contribution in [0.4, 0.5) is 0 Å². The van der Waals surface area contributed by atoms with E-state index in [9.17, 15) is 0 Å². The van der Waals surface area contributed by atoms with Crippen LogP contribution >= 0.6 is 11.6 Å². The van der Waals surface area contributed by atoms with Crippen molar-refractivity contribution in [2.75, 3.05) is 0 Å². The lowest BCUT2D eigenvalue weighted by molar-refractivity contribution is 0.876. The summed E-state index contributed by atoms with van der Waals surface area (Å²) in [6, 6.07) is 0. The fraction of sp³-hybridized carbons (Fsp3) is 0.600. The number of allylic oxidation sites excluding steroid dienone is 4. The van der Waals surface area contributed by atoms with E-state index in [1.54, 1.807) is 5.57 Å². The van der Waals surface area contributed by atoms with Crippen LogP contribution in [0.1, 0.15) is 39.5 Å². The predicted octanol–water partition coefficient (Wildman–Crippen LogP) is 4.02. The van der Waals surface area contributed by atoms with Crippen LogP contribution in [0.25, 0.3) is 0 Å². The van der Waals surface area contributed by atoms with Crippen LogP contribution in [0.15, 0.2) is 22.3 Å². The molecule has 0 unspecified atom stereocenters. The summed E-state index contributed by atoms with van der Waals surface area (Å²) in [6.45, 7) is 4.16. The summed E-state index contributed by atoms with van der Waals surface area (Å²) < 4.78 is 0. The molecule has 0 bridgehead atoms. The van der Waals surface area contributed by atoms with Crippen molar-refractivity contribution < 1.29 is 0 Å². The Morgan fingerprint density at radius 2 is 2.27 bits per heavy atom. The van der Waals surface area contributed by atoms with E-state index < -0.39 is 0 Å². The highest BCUT2D eigenvalue weighted by atomic mass is 35.5. The van der Waals surface area contributed by atoms with E-state index in [1.807, 2.05) is 6.92 Å². The first-order chi connectivity index (χ1) is 5.24. The second-order valence-corrected chi connectivity index (χ2v) is 3.66. The van der Waals surface area contributed by atoms with Crippen molar-refractivity contribution in [2.24, 2.45) is 0 Å². The summed E-state index contributed by atoms with van der Waals surface area (Å²) in [7, 11) is 0. The van der Waals surface area contributed by atoms with Gasteiger partial charge in [-0.2, -0.15) is 0 Å². The van der Waals surface area contributed by atoms with E-state index in [1.165, 1.54) is 31.3 Å². The zero-order valence-corrected chi connectivity index (χ0v) is 8.04. The van der Waals surface area contributed by atoms with Gasteiger partial charge >= 0.3 is 0 Å². The first kappa shape index (κ1) is 8.86. The number of rotatable bonds is 2. The number of hydrogen-bond acceptors (Lipinski definition) is 0. The second kappa shape index (κ2) is 3.96. The van der Waals surface area contributed by atoms with Gasteiger partial charge in [-0.05, 0) is 44.3 Å². The Kier molecular flexibility index (Phi) is 3.19. The van der Waals surface area contributed by atoms with Gasteiger partial charge in [-0.1, -0.05) is 24.1 Å². The molecule has 62 valence electrons. The summed E-state index contributed by atoms with van der Waals surface area (Å²) in [5.74, 6) is 0. The summed E-state index contributed by atoms with van der Waals surface area (Å²) in [6.07, 6.45) is 7.14. The van der Waals surface area contributed by atoms with Crippen molar-refractivity contribution >= 4 is 11.6 Å². The fourth-order valence-electron chi connectivity index (χ4n) is 1.65. The first-order valence-corrected chi connectivity index (χ1v) is 4.66. The Bertz CT molecular complexity index is 195. The van der Waals surface area contributed by atoms with Gasteiger partial charge in [0.15, 0.2) is 0 Å². The quantitative estimate of drug-likeness (QED) is 0.587. The summed E-state index contributed by atoms with van der Waals surface area (Å²) in [5, 5.41) is 0.910. The van der Waals surface area contributed by atoms with Gasteiger partial charge in [-0.25, -0.2) is 0 Å². The standard InChI is InChI=1S/C10H15Cl/c1-3-9-5-4-6-10(9)7-8(2)11/h7H,3-6H2,1-2H3/b8-7+. The van der Waals surface area contributed by atoms with Gasteiger partial charge in [0.2, 0.25) is 0 Å². The zero-order valence-electron chi connectivity index (χ0n) is 7.28. The molecular weight excluding hydrogens is 156 g/mol. The maximum absolute atomic E-state index is 5.81. The maximum atomic E-state index is 5.81. The van der Waals surface area contributed by atoms with Gasteiger partial charge in [-0.15, -0.1) is 0 Å². The van der Waals surface area contributed by atoms with Gasteiger partial charge in [0.25, 0.3) is 0 Å². The molecule has 0 spiro atoms. The maximum Gasteiger partial charge on any atom is 0.0152 e. The molecule has 0 amide bonds. The zero-order chi connectivity index (χ0) is 8.27. The normalized spacial score (nSPS) is 19.7. The molecule has 0 fully saturated rings. The molecule has 0 aliphatic heterocycles. The van der Waals surface area contributed by atoms with Crippen molar-refractivity contribution in [1.82, 2.24) is 0 Å². The van der Waals surface area contributed by atoms with Crippen LogP contribution in [0.5, 0.6) is 0 Å². The molecule has 0 aromatic carbocycles. The van der Waals surface area contributed by atoms with E-state index in [4.69, 9.17) is 11.6 Å². The SMILES string of the molecule is CCC1=C(/C=C(\C)Cl)CCC1. The fourth-order valence-corrected chi connectivity index (χ4v) is 1.78. The number of halogens is 1. The van der Waals surface area contributed by atoms with Crippen molar-refractivity contribution in [3.8, 4) is 0 Å². The highest BCUT2D eigenvalue weighted by molar-refractivity contribution is 6.29. The molecule has 1 aliphatic carbocycles. The van der Waals surface area contributed by atoms with Crippen LogP contribution in [-0.2, 0) is 0 Å². The van der Waals surface area contributed by atoms with Crippen molar-refractivity contribution in [1.29, 1.82) is 0 Å². The van der Waals surface area contributed by atoms with Gasteiger partial charge < -0.3 is 0 Å². The van der Waals surface area contributed by atoms with E-state index in [2.05, 4.69) is 13.0 Å². The van der Waals surface area contributed by atoms with Crippen LogP contribution in [0, 0.1) is 0 Å². The Morgan fingerprint density at radius 3 is 2.82 bits per heavy atom. The van der Waals surface area contributed by atoms with Crippen LogP contribution in [0.3, 0.4) is 0 Å². The lowest BCUT2D eigenvalue weighted by atomic mass is 10.1. The summed E-state index contributed by atoms with van der Waals surface area (Å²) in [5.41, 5.74) is 3.09. The monoisotopic (exact) mass is 170 g/mol. The Labute approximate surface area is 73.9 Å². The molecular formula is C10H15Cl. The third kappa shape index (κ3) is 2.37. The predicted molar refractivity (Wildman–Crippen MR) is 50.8 cm³/mol. The Balaban J connectivity index is 2.75. The minimum Gasteiger partial charge on any atom is -0.0895 e. The summed E-state index contributed by atoms with van der Waals surface area (Å²) in [4.78, 5) is 0. The Morgan fingerprint density at radius 1 is 1.55 bits per heavy atom. The van der Waals surface area contributed by atoms with Crippen LogP contribution in [0.2, 0.25) is 0 Å².